The first-order valence-electron chi connectivity index (χ1n) is 7.38. The van der Waals surface area contributed by atoms with E-state index >= 15 is 0 Å². The van der Waals surface area contributed by atoms with Gasteiger partial charge in [-0.1, -0.05) is 20.8 Å². The Morgan fingerprint density at radius 3 is 2.76 bits per heavy atom. The second-order valence-electron chi connectivity index (χ2n) is 5.71. The maximum absolute atomic E-state index is 4.59. The van der Waals surface area contributed by atoms with Crippen LogP contribution in [0.3, 0.4) is 0 Å². The van der Waals surface area contributed by atoms with Crippen LogP contribution in [-0.4, -0.2) is 19.6 Å². The molecule has 0 aliphatic carbocycles. The zero-order valence-corrected chi connectivity index (χ0v) is 14.2. The second-order valence-corrected chi connectivity index (χ2v) is 5.71. The molecule has 2 rings (SSSR count). The van der Waals surface area contributed by atoms with Crippen LogP contribution in [0.5, 0.6) is 0 Å². The van der Waals surface area contributed by atoms with E-state index in [1.54, 1.807) is 0 Å². The molecule has 0 saturated heterocycles. The third-order valence-corrected chi connectivity index (χ3v) is 3.13. The van der Waals surface area contributed by atoms with Gasteiger partial charge >= 0.3 is 0 Å². The van der Waals surface area contributed by atoms with Crippen molar-refractivity contribution in [2.45, 2.75) is 53.8 Å². The lowest BCUT2D eigenvalue weighted by atomic mass is 10.2. The van der Waals surface area contributed by atoms with Gasteiger partial charge in [0.2, 0.25) is 0 Å². The fraction of sp³-hybridized carbons (Fsp3) is 0.600. The lowest BCUT2D eigenvalue weighted by Gasteiger charge is -2.06. The minimum Gasteiger partial charge on any atom is -0.364 e. The first-order chi connectivity index (χ1) is 9.58. The molecule has 0 spiro atoms. The molecule has 0 aliphatic rings. The van der Waals surface area contributed by atoms with Gasteiger partial charge < -0.3 is 5.32 Å². The Labute approximate surface area is 133 Å². The summed E-state index contributed by atoms with van der Waals surface area (Å²) in [7, 11) is 0. The highest BCUT2D eigenvalue weighted by Crippen LogP contribution is 2.12. The van der Waals surface area contributed by atoms with Gasteiger partial charge in [0.1, 0.15) is 5.82 Å². The van der Waals surface area contributed by atoms with Gasteiger partial charge in [-0.3, -0.25) is 9.36 Å². The molecule has 2 aromatic rings. The predicted octanol–water partition coefficient (Wildman–Crippen LogP) is 3.49. The minimum absolute atomic E-state index is 0. The zero-order chi connectivity index (χ0) is 14.5. The Morgan fingerprint density at radius 1 is 1.33 bits per heavy atom. The molecule has 0 amide bonds. The van der Waals surface area contributed by atoms with E-state index in [-0.39, 0.29) is 12.4 Å². The predicted molar refractivity (Wildman–Crippen MR) is 88.9 cm³/mol. The molecule has 0 saturated carbocycles. The van der Waals surface area contributed by atoms with Gasteiger partial charge in [-0.15, -0.1) is 12.4 Å². The highest BCUT2D eigenvalue weighted by Gasteiger charge is 2.06. The Bertz CT molecular complexity index is 544. The van der Waals surface area contributed by atoms with Crippen molar-refractivity contribution < 1.29 is 0 Å². The van der Waals surface area contributed by atoms with Crippen molar-refractivity contribution in [1.82, 2.24) is 19.6 Å². The smallest absolute Gasteiger partial charge is 0.148 e. The van der Waals surface area contributed by atoms with Crippen LogP contribution < -0.4 is 5.32 Å². The van der Waals surface area contributed by atoms with Crippen molar-refractivity contribution in [3.8, 4) is 0 Å². The summed E-state index contributed by atoms with van der Waals surface area (Å²) in [5.41, 5.74) is 2.39. The van der Waals surface area contributed by atoms with Gasteiger partial charge in [-0.05, 0) is 19.3 Å². The van der Waals surface area contributed by atoms with Crippen LogP contribution in [0.2, 0.25) is 0 Å². The molecule has 0 aromatic carbocycles. The van der Waals surface area contributed by atoms with Gasteiger partial charge in [0.25, 0.3) is 0 Å². The number of hydrogen-bond acceptors (Lipinski definition) is 3. The van der Waals surface area contributed by atoms with Crippen molar-refractivity contribution in [3.63, 3.8) is 0 Å². The summed E-state index contributed by atoms with van der Waals surface area (Å²) in [5, 5.41) is 12.3. The lowest BCUT2D eigenvalue weighted by molar-refractivity contribution is 0.475. The normalized spacial score (nSPS) is 10.7. The van der Waals surface area contributed by atoms with E-state index in [1.807, 2.05) is 10.9 Å². The molecule has 0 atom stereocenters. The van der Waals surface area contributed by atoms with Crippen molar-refractivity contribution in [3.05, 3.63) is 29.7 Å². The summed E-state index contributed by atoms with van der Waals surface area (Å²) in [6, 6.07) is 2.10. The first-order valence-corrected chi connectivity index (χ1v) is 7.38. The third kappa shape index (κ3) is 5.08. The Morgan fingerprint density at radius 2 is 2.10 bits per heavy atom. The zero-order valence-electron chi connectivity index (χ0n) is 13.3. The molecule has 0 radical (unpaired) electrons. The van der Waals surface area contributed by atoms with Gasteiger partial charge in [0.05, 0.1) is 6.20 Å². The van der Waals surface area contributed by atoms with Crippen molar-refractivity contribution in [2.24, 2.45) is 5.92 Å². The van der Waals surface area contributed by atoms with Crippen LogP contribution in [0.1, 0.15) is 38.4 Å². The number of anilines is 1. The van der Waals surface area contributed by atoms with Crippen LogP contribution in [0, 0.1) is 12.8 Å². The molecule has 2 heterocycles. The molecule has 0 fully saturated rings. The number of aryl methyl sites for hydroxylation is 2. The molecule has 118 valence electrons. The van der Waals surface area contributed by atoms with Crippen molar-refractivity contribution in [2.75, 3.05) is 5.32 Å². The number of rotatable bonds is 7. The van der Waals surface area contributed by atoms with Gasteiger partial charge in [-0.25, -0.2) is 0 Å². The first kappa shape index (κ1) is 17.6. The number of halogens is 1. The average molecular weight is 312 g/mol. The van der Waals surface area contributed by atoms with Gasteiger partial charge in [0, 0.05) is 43.2 Å². The van der Waals surface area contributed by atoms with E-state index in [0.717, 1.165) is 31.9 Å². The summed E-state index contributed by atoms with van der Waals surface area (Å²) in [5.74, 6) is 1.54. The number of aromatic nitrogens is 4. The van der Waals surface area contributed by atoms with Gasteiger partial charge in [-0.2, -0.15) is 10.2 Å². The fourth-order valence-corrected chi connectivity index (χ4v) is 2.17. The summed E-state index contributed by atoms with van der Waals surface area (Å²) in [6.45, 7) is 11.4. The molecule has 0 unspecified atom stereocenters. The largest absolute Gasteiger partial charge is 0.364 e. The molecule has 1 N–H and O–H groups in total. The van der Waals surface area contributed by atoms with E-state index in [4.69, 9.17) is 0 Å². The SMILES string of the molecule is CCCn1cc(CNc2cc(C)n(CC(C)C)n2)cn1.Cl. The van der Waals surface area contributed by atoms with Crippen LogP contribution in [-0.2, 0) is 19.6 Å². The highest BCUT2D eigenvalue weighted by atomic mass is 35.5. The van der Waals surface area contributed by atoms with Crippen LogP contribution in [0.4, 0.5) is 5.82 Å². The maximum atomic E-state index is 4.59. The van der Waals surface area contributed by atoms with Gasteiger partial charge in [0.15, 0.2) is 0 Å². The van der Waals surface area contributed by atoms with Crippen LogP contribution in [0.15, 0.2) is 18.5 Å². The molecule has 5 nitrogen and oxygen atoms in total. The fourth-order valence-electron chi connectivity index (χ4n) is 2.17. The summed E-state index contributed by atoms with van der Waals surface area (Å²) in [4.78, 5) is 0. The molecule has 2 aromatic heterocycles. The van der Waals surface area contributed by atoms with E-state index in [0.29, 0.717) is 5.92 Å². The molecule has 21 heavy (non-hydrogen) atoms. The molecule has 0 aliphatic heterocycles. The third-order valence-electron chi connectivity index (χ3n) is 3.13. The van der Waals surface area contributed by atoms with Crippen LogP contribution >= 0.6 is 12.4 Å². The maximum Gasteiger partial charge on any atom is 0.148 e. The quantitative estimate of drug-likeness (QED) is 0.851. The average Bonchev–Trinajstić information content (AvgIpc) is 2.95. The number of nitrogens with zero attached hydrogens (tertiary/aromatic N) is 4. The molecule has 0 bridgehead atoms. The van der Waals surface area contributed by atoms with Crippen LogP contribution in [0.25, 0.3) is 0 Å². The monoisotopic (exact) mass is 311 g/mol. The lowest BCUT2D eigenvalue weighted by Crippen LogP contribution is -2.08. The van der Waals surface area contributed by atoms with E-state index < -0.39 is 0 Å². The highest BCUT2D eigenvalue weighted by molar-refractivity contribution is 5.85. The summed E-state index contributed by atoms with van der Waals surface area (Å²) >= 11 is 0. The standard InChI is InChI=1S/C15H25N5.ClH/c1-5-6-19-11-14(9-17-19)8-16-15-7-13(4)20(18-15)10-12(2)3;/h7,9,11-12H,5-6,8,10H2,1-4H3,(H,16,18);1H. The Hall–Kier alpha value is -1.49. The number of hydrogen-bond donors (Lipinski definition) is 1. The Balaban J connectivity index is 0.00000220. The second kappa shape index (κ2) is 8.08. The summed E-state index contributed by atoms with van der Waals surface area (Å²) < 4.78 is 4.05. The topological polar surface area (TPSA) is 47.7 Å². The van der Waals surface area contributed by atoms with E-state index in [2.05, 4.69) is 60.2 Å². The van der Waals surface area contributed by atoms with E-state index in [9.17, 15) is 0 Å². The number of nitrogens with one attached hydrogen (secondary N) is 1. The summed E-state index contributed by atoms with van der Waals surface area (Å²) in [6.07, 6.45) is 5.11. The molecular weight excluding hydrogens is 286 g/mol. The van der Waals surface area contributed by atoms with Crippen molar-refractivity contribution >= 4 is 18.2 Å². The van der Waals surface area contributed by atoms with Crippen molar-refractivity contribution in [1.29, 1.82) is 0 Å². The Kier molecular flexibility index (Phi) is 6.75. The van der Waals surface area contributed by atoms with E-state index in [1.165, 1.54) is 11.3 Å². The molecular formula is C15H26ClN5. The minimum atomic E-state index is 0. The molecule has 6 heteroatoms.